The number of anilines is 1. The van der Waals surface area contributed by atoms with Gasteiger partial charge in [-0.15, -0.1) is 11.3 Å². The van der Waals surface area contributed by atoms with E-state index in [2.05, 4.69) is 43.5 Å². The van der Waals surface area contributed by atoms with Crippen molar-refractivity contribution in [1.29, 1.82) is 0 Å². The van der Waals surface area contributed by atoms with Crippen LogP contribution >= 0.6 is 11.3 Å². The molecule has 4 aromatic rings. The number of rotatable bonds is 6. The average Bonchev–Trinajstić information content (AvgIpc) is 3.12. The van der Waals surface area contributed by atoms with Gasteiger partial charge in [-0.1, -0.05) is 30.3 Å². The summed E-state index contributed by atoms with van der Waals surface area (Å²) in [6.07, 6.45) is 0.743. The highest BCUT2D eigenvalue weighted by Crippen LogP contribution is 2.32. The van der Waals surface area contributed by atoms with E-state index in [0.29, 0.717) is 0 Å². The minimum absolute atomic E-state index is 0.371. The molecule has 0 amide bonds. The monoisotopic (exact) mass is 389 g/mol. The normalized spacial score (nSPS) is 11.5. The summed E-state index contributed by atoms with van der Waals surface area (Å²) in [5.41, 5.74) is 6.57. The van der Waals surface area contributed by atoms with Crippen molar-refractivity contribution in [3.63, 3.8) is 0 Å². The Balaban J connectivity index is 1.50. The molecule has 28 heavy (non-hydrogen) atoms. The van der Waals surface area contributed by atoms with Gasteiger partial charge in [-0.05, 0) is 61.9 Å². The first-order chi connectivity index (χ1) is 13.5. The van der Waals surface area contributed by atoms with Crippen LogP contribution in [0.15, 0.2) is 72.8 Å². The van der Waals surface area contributed by atoms with Gasteiger partial charge in [0.05, 0.1) is 15.9 Å². The van der Waals surface area contributed by atoms with Crippen LogP contribution in [0.4, 0.5) is 5.69 Å². The molecule has 1 aromatic heterocycles. The van der Waals surface area contributed by atoms with Crippen LogP contribution in [0.5, 0.6) is 5.75 Å². The van der Waals surface area contributed by atoms with Crippen LogP contribution in [0.2, 0.25) is 0 Å². The topological polar surface area (TPSA) is 60.2 Å². The van der Waals surface area contributed by atoms with Crippen molar-refractivity contribution in [3.8, 4) is 16.3 Å². The molecule has 0 radical (unpaired) electrons. The first-order valence-electron chi connectivity index (χ1n) is 9.24. The molecule has 0 atom stereocenters. The van der Waals surface area contributed by atoms with Crippen molar-refractivity contribution in [2.24, 2.45) is 5.84 Å². The highest BCUT2D eigenvalue weighted by atomic mass is 32.1. The molecule has 4 rings (SSSR count). The number of fused-ring (bicyclic) bond motifs is 1. The number of hydrogen-bond acceptors (Lipinski definition) is 5. The van der Waals surface area contributed by atoms with E-state index >= 15 is 0 Å². The molecule has 0 fully saturated rings. The molecule has 142 valence electrons. The van der Waals surface area contributed by atoms with Gasteiger partial charge < -0.3 is 10.2 Å². The number of ether oxygens (including phenoxy) is 1. The second-order valence-electron chi connectivity index (χ2n) is 7.35. The van der Waals surface area contributed by atoms with Gasteiger partial charge >= 0.3 is 0 Å². The van der Waals surface area contributed by atoms with E-state index in [9.17, 15) is 0 Å². The molecule has 5 heteroatoms. The van der Waals surface area contributed by atoms with Gasteiger partial charge in [0, 0.05) is 12.0 Å². The zero-order chi connectivity index (χ0) is 19.6. The largest absolute Gasteiger partial charge is 0.488 e. The molecular formula is C23H23N3OS. The molecule has 4 nitrogen and oxygen atoms in total. The zero-order valence-electron chi connectivity index (χ0n) is 16.0. The third kappa shape index (κ3) is 4.01. The number of nitrogen functional groups attached to an aromatic ring is 1. The number of benzene rings is 3. The number of nitrogens with two attached hydrogens (primary N) is 1. The Morgan fingerprint density at radius 1 is 0.964 bits per heavy atom. The Bertz CT molecular complexity index is 1050. The number of nitrogens with one attached hydrogen (secondary N) is 1. The number of para-hydroxylation sites is 2. The molecule has 0 unspecified atom stereocenters. The van der Waals surface area contributed by atoms with E-state index in [-0.39, 0.29) is 5.60 Å². The summed E-state index contributed by atoms with van der Waals surface area (Å²) in [5, 5.41) is 1.02. The van der Waals surface area contributed by atoms with Crippen molar-refractivity contribution >= 4 is 27.2 Å². The number of aromatic nitrogens is 1. The molecule has 0 aliphatic heterocycles. The van der Waals surface area contributed by atoms with E-state index in [0.717, 1.165) is 39.5 Å². The van der Waals surface area contributed by atoms with Crippen molar-refractivity contribution in [2.45, 2.75) is 25.9 Å². The SMILES string of the molecule is CC(C)(Cc1ccccc1NN)Oc1ccc(-c2nc3ccccc3s2)cc1. The first kappa shape index (κ1) is 18.5. The van der Waals surface area contributed by atoms with Crippen molar-refractivity contribution in [1.82, 2.24) is 4.98 Å². The fraction of sp³-hybridized carbons (Fsp3) is 0.174. The fourth-order valence-corrected chi connectivity index (χ4v) is 4.26. The molecule has 0 aliphatic rings. The van der Waals surface area contributed by atoms with Gasteiger partial charge in [0.1, 0.15) is 16.4 Å². The maximum Gasteiger partial charge on any atom is 0.124 e. The molecule has 3 aromatic carbocycles. The summed E-state index contributed by atoms with van der Waals surface area (Å²) in [5.74, 6) is 6.47. The number of nitrogens with zero attached hydrogens (tertiary/aromatic N) is 1. The minimum atomic E-state index is -0.371. The van der Waals surface area contributed by atoms with E-state index in [1.165, 1.54) is 4.70 Å². The maximum absolute atomic E-state index is 6.27. The summed E-state index contributed by atoms with van der Waals surface area (Å²) in [4.78, 5) is 4.72. The standard InChI is InChI=1S/C23H23N3OS/c1-23(2,15-17-7-3-4-8-19(17)26-24)27-18-13-11-16(12-14-18)22-25-20-9-5-6-10-21(20)28-22/h3-14,26H,15,24H2,1-2H3. The molecule has 0 spiro atoms. The summed E-state index contributed by atoms with van der Waals surface area (Å²) < 4.78 is 7.47. The van der Waals surface area contributed by atoms with Crippen LogP contribution in [0, 0.1) is 0 Å². The van der Waals surface area contributed by atoms with E-state index in [4.69, 9.17) is 15.6 Å². The van der Waals surface area contributed by atoms with E-state index in [1.54, 1.807) is 11.3 Å². The minimum Gasteiger partial charge on any atom is -0.488 e. The summed E-state index contributed by atoms with van der Waals surface area (Å²) >= 11 is 1.70. The van der Waals surface area contributed by atoms with Crippen LogP contribution in [0.3, 0.4) is 0 Å². The third-order valence-corrected chi connectivity index (χ3v) is 5.66. The summed E-state index contributed by atoms with van der Waals surface area (Å²) in [6, 6.07) is 24.4. The number of hydrazine groups is 1. The molecule has 3 N–H and O–H groups in total. The van der Waals surface area contributed by atoms with Crippen molar-refractivity contribution in [3.05, 3.63) is 78.4 Å². The zero-order valence-corrected chi connectivity index (χ0v) is 16.8. The number of thiazole rings is 1. The van der Waals surface area contributed by atoms with Crippen LogP contribution in [0.25, 0.3) is 20.8 Å². The highest BCUT2D eigenvalue weighted by molar-refractivity contribution is 7.21. The van der Waals surface area contributed by atoms with E-state index < -0.39 is 0 Å². The Morgan fingerprint density at radius 3 is 2.43 bits per heavy atom. The Kier molecular flexibility index (Phi) is 5.03. The van der Waals surface area contributed by atoms with Crippen LogP contribution in [-0.4, -0.2) is 10.6 Å². The lowest BCUT2D eigenvalue weighted by atomic mass is 9.97. The lowest BCUT2D eigenvalue weighted by Gasteiger charge is -2.27. The summed E-state index contributed by atoms with van der Waals surface area (Å²) in [6.45, 7) is 4.17. The second-order valence-corrected chi connectivity index (χ2v) is 8.38. The maximum atomic E-state index is 6.27. The van der Waals surface area contributed by atoms with E-state index in [1.807, 2.05) is 48.5 Å². The molecule has 0 bridgehead atoms. The third-order valence-electron chi connectivity index (χ3n) is 4.58. The van der Waals surface area contributed by atoms with Gasteiger partial charge in [0.15, 0.2) is 0 Å². The quantitative estimate of drug-likeness (QED) is 0.330. The van der Waals surface area contributed by atoms with Gasteiger partial charge in [-0.25, -0.2) is 4.98 Å². The van der Waals surface area contributed by atoms with Gasteiger partial charge in [-0.2, -0.15) is 0 Å². The number of hydrogen-bond donors (Lipinski definition) is 2. The fourth-order valence-electron chi connectivity index (χ4n) is 3.29. The van der Waals surface area contributed by atoms with Crippen molar-refractivity contribution in [2.75, 3.05) is 5.43 Å². The van der Waals surface area contributed by atoms with Crippen LogP contribution in [-0.2, 0) is 6.42 Å². The van der Waals surface area contributed by atoms with Crippen LogP contribution < -0.4 is 16.0 Å². The molecule has 1 heterocycles. The first-order valence-corrected chi connectivity index (χ1v) is 10.1. The Labute approximate surface area is 169 Å². The lowest BCUT2D eigenvalue weighted by molar-refractivity contribution is 0.110. The Morgan fingerprint density at radius 2 is 1.68 bits per heavy atom. The molecule has 0 saturated carbocycles. The van der Waals surface area contributed by atoms with Gasteiger partial charge in [0.2, 0.25) is 0 Å². The Hall–Kier alpha value is -2.89. The molecular weight excluding hydrogens is 366 g/mol. The second kappa shape index (κ2) is 7.62. The lowest BCUT2D eigenvalue weighted by Crippen LogP contribution is -2.31. The summed E-state index contributed by atoms with van der Waals surface area (Å²) in [7, 11) is 0. The molecule has 0 aliphatic carbocycles. The van der Waals surface area contributed by atoms with Gasteiger partial charge in [0.25, 0.3) is 0 Å². The highest BCUT2D eigenvalue weighted by Gasteiger charge is 2.22. The van der Waals surface area contributed by atoms with Crippen molar-refractivity contribution < 1.29 is 4.74 Å². The predicted molar refractivity (Wildman–Crippen MR) is 118 cm³/mol. The molecule has 0 saturated heterocycles. The predicted octanol–water partition coefficient (Wildman–Crippen LogP) is 5.65. The smallest absolute Gasteiger partial charge is 0.124 e. The average molecular weight is 390 g/mol. The van der Waals surface area contributed by atoms with Gasteiger partial charge in [-0.3, -0.25) is 5.84 Å². The van der Waals surface area contributed by atoms with Crippen LogP contribution in [0.1, 0.15) is 19.4 Å².